The summed E-state index contributed by atoms with van der Waals surface area (Å²) in [6.07, 6.45) is -3.49. The van der Waals surface area contributed by atoms with Gasteiger partial charge in [0.25, 0.3) is 5.91 Å². The Bertz CT molecular complexity index is 1160. The van der Waals surface area contributed by atoms with Gasteiger partial charge in [-0.15, -0.1) is 0 Å². The minimum Gasteiger partial charge on any atom is -0.325 e. The first-order chi connectivity index (χ1) is 14.1. The number of amides is 1. The van der Waals surface area contributed by atoms with Crippen LogP contribution in [-0.4, -0.2) is 39.2 Å². The number of rotatable bonds is 5. The SMILES string of the molecule is CCON(C)C(=O)c1cn(Cc2cccc(C)n2)c2nc(C(F)(F)F)ccc2c1=O. The minimum absolute atomic E-state index is 0.0192. The third kappa shape index (κ3) is 4.33. The summed E-state index contributed by atoms with van der Waals surface area (Å²) >= 11 is 0. The summed E-state index contributed by atoms with van der Waals surface area (Å²) in [5.74, 6) is -0.713. The van der Waals surface area contributed by atoms with Crippen LogP contribution in [0.15, 0.2) is 41.3 Å². The van der Waals surface area contributed by atoms with E-state index in [9.17, 15) is 22.8 Å². The first kappa shape index (κ1) is 21.4. The van der Waals surface area contributed by atoms with Crippen LogP contribution in [0, 0.1) is 6.92 Å². The lowest BCUT2D eigenvalue weighted by atomic mass is 10.1. The van der Waals surface area contributed by atoms with E-state index < -0.39 is 23.2 Å². The first-order valence-electron chi connectivity index (χ1n) is 9.06. The molecule has 0 atom stereocenters. The Balaban J connectivity index is 2.24. The van der Waals surface area contributed by atoms with Crippen molar-refractivity contribution in [3.8, 4) is 0 Å². The van der Waals surface area contributed by atoms with E-state index in [-0.39, 0.29) is 29.7 Å². The molecule has 1 amide bonds. The molecular formula is C20H19F3N4O3. The highest BCUT2D eigenvalue weighted by Crippen LogP contribution is 2.28. The molecule has 0 N–H and O–H groups in total. The third-order valence-electron chi connectivity index (χ3n) is 4.33. The van der Waals surface area contributed by atoms with Crippen LogP contribution < -0.4 is 5.43 Å². The van der Waals surface area contributed by atoms with Crippen molar-refractivity contribution in [2.24, 2.45) is 0 Å². The summed E-state index contributed by atoms with van der Waals surface area (Å²) in [4.78, 5) is 38.6. The maximum Gasteiger partial charge on any atom is 0.433 e. The van der Waals surface area contributed by atoms with Crippen LogP contribution in [0.3, 0.4) is 0 Å². The van der Waals surface area contributed by atoms with Crippen LogP contribution in [0.2, 0.25) is 0 Å². The number of hydrogen-bond acceptors (Lipinski definition) is 5. The van der Waals surface area contributed by atoms with E-state index in [0.717, 1.165) is 17.2 Å². The van der Waals surface area contributed by atoms with Gasteiger partial charge in [0, 0.05) is 18.9 Å². The lowest BCUT2D eigenvalue weighted by molar-refractivity contribution is -0.141. The number of halogens is 3. The van der Waals surface area contributed by atoms with Gasteiger partial charge in [-0.1, -0.05) is 6.07 Å². The van der Waals surface area contributed by atoms with Crippen LogP contribution in [0.1, 0.15) is 34.4 Å². The number of fused-ring (bicyclic) bond motifs is 1. The van der Waals surface area contributed by atoms with E-state index in [1.54, 1.807) is 32.0 Å². The zero-order valence-corrected chi connectivity index (χ0v) is 16.5. The quantitative estimate of drug-likeness (QED) is 0.593. The molecule has 0 spiro atoms. The van der Waals surface area contributed by atoms with Crippen molar-refractivity contribution in [3.05, 3.63) is 69.4 Å². The van der Waals surface area contributed by atoms with E-state index >= 15 is 0 Å². The molecule has 3 heterocycles. The van der Waals surface area contributed by atoms with Gasteiger partial charge in [0.1, 0.15) is 16.9 Å². The van der Waals surface area contributed by atoms with Gasteiger partial charge in [0.2, 0.25) is 5.43 Å². The summed E-state index contributed by atoms with van der Waals surface area (Å²) in [5.41, 5.74) is -1.03. The van der Waals surface area contributed by atoms with Crippen molar-refractivity contribution >= 4 is 16.9 Å². The first-order valence-corrected chi connectivity index (χ1v) is 9.06. The van der Waals surface area contributed by atoms with E-state index in [0.29, 0.717) is 11.4 Å². The normalized spacial score (nSPS) is 11.7. The Kier molecular flexibility index (Phi) is 5.88. The number of aryl methyl sites for hydroxylation is 1. The standard InChI is InChI=1S/C20H19F3N4O3/c1-4-30-26(3)19(29)15-11-27(10-13-7-5-6-12(2)24-13)18-14(17(15)28)8-9-16(25-18)20(21,22)23/h5-9,11H,4,10H2,1-3H3. The Labute approximate surface area is 169 Å². The summed E-state index contributed by atoms with van der Waals surface area (Å²) in [7, 11) is 1.35. The molecule has 0 bridgehead atoms. The molecule has 10 heteroatoms. The molecule has 0 aliphatic carbocycles. The van der Waals surface area contributed by atoms with Gasteiger partial charge in [0.15, 0.2) is 0 Å². The number of hydroxylamine groups is 2. The number of alkyl halides is 3. The second-order valence-electron chi connectivity index (χ2n) is 6.56. The third-order valence-corrected chi connectivity index (χ3v) is 4.33. The highest BCUT2D eigenvalue weighted by atomic mass is 19.4. The molecule has 0 fully saturated rings. The second-order valence-corrected chi connectivity index (χ2v) is 6.56. The van der Waals surface area contributed by atoms with E-state index in [2.05, 4.69) is 9.97 Å². The van der Waals surface area contributed by atoms with Gasteiger partial charge in [-0.3, -0.25) is 19.4 Å². The zero-order valence-electron chi connectivity index (χ0n) is 16.5. The molecule has 3 rings (SSSR count). The molecule has 7 nitrogen and oxygen atoms in total. The van der Waals surface area contributed by atoms with Gasteiger partial charge in [-0.25, -0.2) is 10.0 Å². The highest BCUT2D eigenvalue weighted by Gasteiger charge is 2.33. The molecule has 30 heavy (non-hydrogen) atoms. The molecule has 0 radical (unpaired) electrons. The van der Waals surface area contributed by atoms with Crippen molar-refractivity contribution in [1.29, 1.82) is 0 Å². The fraction of sp³-hybridized carbons (Fsp3) is 0.300. The molecule has 0 aliphatic heterocycles. The number of carbonyl (C=O) groups is 1. The van der Waals surface area contributed by atoms with Crippen molar-refractivity contribution in [2.45, 2.75) is 26.6 Å². The maximum absolute atomic E-state index is 13.2. The molecular weight excluding hydrogens is 401 g/mol. The fourth-order valence-corrected chi connectivity index (χ4v) is 2.98. The lowest BCUT2D eigenvalue weighted by Crippen LogP contribution is -2.32. The highest BCUT2D eigenvalue weighted by molar-refractivity contribution is 5.96. The van der Waals surface area contributed by atoms with Gasteiger partial charge < -0.3 is 4.57 Å². The smallest absolute Gasteiger partial charge is 0.325 e. The van der Waals surface area contributed by atoms with Crippen LogP contribution in [0.25, 0.3) is 11.0 Å². The molecule has 0 saturated carbocycles. The summed E-state index contributed by atoms with van der Waals surface area (Å²) < 4.78 is 40.9. The molecule has 0 unspecified atom stereocenters. The molecule has 3 aromatic rings. The van der Waals surface area contributed by atoms with Gasteiger partial charge in [-0.2, -0.15) is 13.2 Å². The van der Waals surface area contributed by atoms with E-state index in [4.69, 9.17) is 4.84 Å². The fourth-order valence-electron chi connectivity index (χ4n) is 2.98. The van der Waals surface area contributed by atoms with Crippen molar-refractivity contribution < 1.29 is 22.8 Å². The average molecular weight is 420 g/mol. The summed E-state index contributed by atoms with van der Waals surface area (Å²) in [6.45, 7) is 3.67. The van der Waals surface area contributed by atoms with E-state index in [1.807, 2.05) is 0 Å². The number of carbonyl (C=O) groups excluding carboxylic acids is 1. The Morgan fingerprint density at radius 3 is 2.57 bits per heavy atom. The Morgan fingerprint density at radius 1 is 1.20 bits per heavy atom. The molecule has 0 aliphatic rings. The van der Waals surface area contributed by atoms with Gasteiger partial charge in [-0.05, 0) is 38.1 Å². The van der Waals surface area contributed by atoms with Crippen molar-refractivity contribution in [2.75, 3.05) is 13.7 Å². The van der Waals surface area contributed by atoms with Crippen molar-refractivity contribution in [3.63, 3.8) is 0 Å². The predicted octanol–water partition coefficient (Wildman–Crippen LogP) is 3.19. The van der Waals surface area contributed by atoms with Crippen LogP contribution >= 0.6 is 0 Å². The molecule has 3 aromatic heterocycles. The zero-order chi connectivity index (χ0) is 22.1. The van der Waals surface area contributed by atoms with Gasteiger partial charge in [0.05, 0.1) is 24.2 Å². The number of hydrogen-bond donors (Lipinski definition) is 0. The number of aromatic nitrogens is 3. The van der Waals surface area contributed by atoms with Gasteiger partial charge >= 0.3 is 6.18 Å². The number of pyridine rings is 3. The predicted molar refractivity (Wildman–Crippen MR) is 103 cm³/mol. The molecule has 158 valence electrons. The Hall–Kier alpha value is -3.27. The van der Waals surface area contributed by atoms with Crippen LogP contribution in [0.5, 0.6) is 0 Å². The van der Waals surface area contributed by atoms with Crippen molar-refractivity contribution in [1.82, 2.24) is 19.6 Å². The molecule has 0 aromatic carbocycles. The molecule has 0 saturated heterocycles. The minimum atomic E-state index is -4.68. The summed E-state index contributed by atoms with van der Waals surface area (Å²) in [6, 6.07) is 6.98. The maximum atomic E-state index is 13.2. The second kappa shape index (κ2) is 8.23. The van der Waals surface area contributed by atoms with E-state index in [1.165, 1.54) is 17.8 Å². The number of nitrogens with zero attached hydrogens (tertiary/aromatic N) is 4. The average Bonchev–Trinajstić information content (AvgIpc) is 2.68. The topological polar surface area (TPSA) is 77.3 Å². The summed E-state index contributed by atoms with van der Waals surface area (Å²) in [5, 5.41) is 0.807. The monoisotopic (exact) mass is 420 g/mol. The largest absolute Gasteiger partial charge is 0.433 e. The van der Waals surface area contributed by atoms with Crippen LogP contribution in [-0.2, 0) is 17.6 Å². The van der Waals surface area contributed by atoms with Crippen LogP contribution in [0.4, 0.5) is 13.2 Å². The Morgan fingerprint density at radius 2 is 1.93 bits per heavy atom. The lowest BCUT2D eigenvalue weighted by Gasteiger charge is -2.18.